The van der Waals surface area contributed by atoms with Crippen LogP contribution >= 0.6 is 0 Å². The molecule has 0 radical (unpaired) electrons. The molecule has 0 bridgehead atoms. The van der Waals surface area contributed by atoms with E-state index in [1.165, 1.54) is 61.8 Å². The van der Waals surface area contributed by atoms with Crippen LogP contribution in [-0.4, -0.2) is 48.5 Å². The first-order valence-corrected chi connectivity index (χ1v) is 14.9. The third kappa shape index (κ3) is 6.84. The third-order valence-electron chi connectivity index (χ3n) is 8.94. The van der Waals surface area contributed by atoms with E-state index in [4.69, 9.17) is 0 Å². The summed E-state index contributed by atoms with van der Waals surface area (Å²) in [5.41, 5.74) is 7.67. The first-order valence-electron chi connectivity index (χ1n) is 14.9. The number of pyridine rings is 1. The van der Waals surface area contributed by atoms with Crippen molar-refractivity contribution >= 4 is 17.2 Å². The van der Waals surface area contributed by atoms with Gasteiger partial charge in [0.2, 0.25) is 0 Å². The maximum absolute atomic E-state index is 13.7. The number of allylic oxidation sites excluding steroid dienone is 2. The molecule has 0 saturated heterocycles. The Balaban J connectivity index is 1.68. The maximum atomic E-state index is 13.7. The van der Waals surface area contributed by atoms with Gasteiger partial charge in [0, 0.05) is 47.7 Å². The fourth-order valence-corrected chi connectivity index (χ4v) is 6.57. The summed E-state index contributed by atoms with van der Waals surface area (Å²) in [5.74, 6) is -0.114. The number of H-pyrrole nitrogens is 1. The Bertz CT molecular complexity index is 1250. The molecular formula is C33H48N4O2. The number of nitrogens with zero attached hydrogens (tertiary/aromatic N) is 2. The summed E-state index contributed by atoms with van der Waals surface area (Å²) in [4.78, 5) is 34.1. The van der Waals surface area contributed by atoms with Gasteiger partial charge in [0.25, 0.3) is 11.5 Å². The molecule has 2 N–H and O–H groups in total. The quantitative estimate of drug-likeness (QED) is 0.420. The van der Waals surface area contributed by atoms with E-state index < -0.39 is 0 Å². The Morgan fingerprint density at radius 3 is 2.38 bits per heavy atom. The van der Waals surface area contributed by atoms with Crippen molar-refractivity contribution in [2.75, 3.05) is 25.5 Å². The van der Waals surface area contributed by atoms with Gasteiger partial charge in [0.05, 0.1) is 0 Å². The van der Waals surface area contributed by atoms with Gasteiger partial charge in [-0.25, -0.2) is 0 Å². The van der Waals surface area contributed by atoms with Crippen molar-refractivity contribution in [3.63, 3.8) is 0 Å². The van der Waals surface area contributed by atoms with Gasteiger partial charge in [-0.3, -0.25) is 9.59 Å². The topological polar surface area (TPSA) is 68.4 Å². The van der Waals surface area contributed by atoms with Gasteiger partial charge in [0.1, 0.15) is 0 Å². The summed E-state index contributed by atoms with van der Waals surface area (Å²) in [5, 5.41) is 3.08. The van der Waals surface area contributed by atoms with E-state index >= 15 is 0 Å². The second-order valence-electron chi connectivity index (χ2n) is 11.8. The molecule has 0 spiro atoms. The van der Waals surface area contributed by atoms with Crippen LogP contribution in [0.25, 0.3) is 5.57 Å². The molecule has 1 aromatic heterocycles. The zero-order chi connectivity index (χ0) is 28.1. The highest BCUT2D eigenvalue weighted by molar-refractivity contribution is 5.98. The van der Waals surface area contributed by atoms with E-state index in [2.05, 4.69) is 66.3 Å². The first kappa shape index (κ1) is 29.1. The number of benzene rings is 1. The standard InChI is InChI=1S/C33H48N4O2/c1-7-37(28-16-14-27(15-17-28)36(5)6)31-20-26(25-12-10-8-9-11-13-25)19-29(24(31)4)32(38)34-21-30-22(2)18-23(3)35-33(30)39/h12,18-20,27-28H,7-11,13-17,21H2,1-6H3,(H,34,38)(H,35,39). The summed E-state index contributed by atoms with van der Waals surface area (Å²) in [6.45, 7) is 9.26. The van der Waals surface area contributed by atoms with Crippen LogP contribution in [0.5, 0.6) is 0 Å². The van der Waals surface area contributed by atoms with Crippen LogP contribution < -0.4 is 15.8 Å². The molecule has 2 aliphatic rings. The highest BCUT2D eigenvalue weighted by Gasteiger charge is 2.28. The molecule has 1 fully saturated rings. The molecular weight excluding hydrogens is 484 g/mol. The SMILES string of the molecule is CCN(c1cc(C2=CCCCCC2)cc(C(=O)NCc2c(C)cc(C)[nH]c2=O)c1C)C1CCC(N(C)C)CC1. The molecule has 6 heteroatoms. The number of amides is 1. The number of nitrogens with one attached hydrogen (secondary N) is 2. The molecule has 4 rings (SSSR count). The average molecular weight is 533 g/mol. The number of anilines is 1. The summed E-state index contributed by atoms with van der Waals surface area (Å²) in [6, 6.07) is 7.52. The van der Waals surface area contributed by atoms with E-state index in [1.54, 1.807) is 0 Å². The second kappa shape index (κ2) is 13.0. The number of carbonyl (C=O) groups is 1. The van der Waals surface area contributed by atoms with Gasteiger partial charge in [-0.15, -0.1) is 0 Å². The number of rotatable bonds is 8. The van der Waals surface area contributed by atoms with Crippen molar-refractivity contribution in [3.8, 4) is 0 Å². The van der Waals surface area contributed by atoms with Crippen LogP contribution in [-0.2, 0) is 6.54 Å². The van der Waals surface area contributed by atoms with E-state index in [-0.39, 0.29) is 18.0 Å². The summed E-state index contributed by atoms with van der Waals surface area (Å²) >= 11 is 0. The Morgan fingerprint density at radius 1 is 1.00 bits per heavy atom. The molecule has 2 aromatic rings. The zero-order valence-corrected chi connectivity index (χ0v) is 25.0. The van der Waals surface area contributed by atoms with Crippen molar-refractivity contribution in [1.82, 2.24) is 15.2 Å². The number of carbonyl (C=O) groups excluding carboxylic acids is 1. The van der Waals surface area contributed by atoms with E-state index in [9.17, 15) is 9.59 Å². The number of hydrogen-bond donors (Lipinski definition) is 2. The van der Waals surface area contributed by atoms with Gasteiger partial charge >= 0.3 is 0 Å². The summed E-state index contributed by atoms with van der Waals surface area (Å²) < 4.78 is 0. The molecule has 1 amide bonds. The lowest BCUT2D eigenvalue weighted by Gasteiger charge is -2.40. The monoisotopic (exact) mass is 532 g/mol. The van der Waals surface area contributed by atoms with Crippen LogP contribution in [0.15, 0.2) is 29.1 Å². The summed E-state index contributed by atoms with van der Waals surface area (Å²) in [7, 11) is 4.38. The molecule has 39 heavy (non-hydrogen) atoms. The minimum atomic E-state index is -0.131. The minimum Gasteiger partial charge on any atom is -0.369 e. The van der Waals surface area contributed by atoms with Crippen LogP contribution in [0.2, 0.25) is 0 Å². The van der Waals surface area contributed by atoms with E-state index in [0.717, 1.165) is 36.2 Å². The molecule has 2 aliphatic carbocycles. The molecule has 1 saturated carbocycles. The van der Waals surface area contributed by atoms with Gasteiger partial charge in [0.15, 0.2) is 0 Å². The Morgan fingerprint density at radius 2 is 1.72 bits per heavy atom. The minimum absolute atomic E-state index is 0.114. The average Bonchev–Trinajstić information content (AvgIpc) is 3.19. The highest BCUT2D eigenvalue weighted by atomic mass is 16.1. The molecule has 1 aromatic carbocycles. The van der Waals surface area contributed by atoms with Gasteiger partial charge < -0.3 is 20.1 Å². The molecule has 1 heterocycles. The molecule has 0 unspecified atom stereocenters. The molecule has 6 nitrogen and oxygen atoms in total. The van der Waals surface area contributed by atoms with Crippen LogP contribution in [0.3, 0.4) is 0 Å². The number of aromatic amines is 1. The van der Waals surface area contributed by atoms with Crippen molar-refractivity contribution in [3.05, 3.63) is 68.1 Å². The van der Waals surface area contributed by atoms with Crippen molar-refractivity contribution in [2.24, 2.45) is 0 Å². The normalized spacial score (nSPS) is 19.9. The fraction of sp³-hybridized carbons (Fsp3) is 0.576. The largest absolute Gasteiger partial charge is 0.369 e. The lowest BCUT2D eigenvalue weighted by atomic mass is 9.88. The van der Waals surface area contributed by atoms with Crippen LogP contribution in [0.4, 0.5) is 5.69 Å². The van der Waals surface area contributed by atoms with Gasteiger partial charge in [-0.1, -0.05) is 12.5 Å². The number of aromatic nitrogens is 1. The second-order valence-corrected chi connectivity index (χ2v) is 11.8. The predicted molar refractivity (Wildman–Crippen MR) is 163 cm³/mol. The van der Waals surface area contributed by atoms with Crippen LogP contribution in [0.1, 0.15) is 103 Å². The smallest absolute Gasteiger partial charge is 0.253 e. The fourth-order valence-electron chi connectivity index (χ4n) is 6.57. The van der Waals surface area contributed by atoms with E-state index in [0.29, 0.717) is 23.2 Å². The highest BCUT2D eigenvalue weighted by Crippen LogP contribution is 2.36. The Labute approximate surface area is 234 Å². The zero-order valence-electron chi connectivity index (χ0n) is 25.0. The molecule has 212 valence electrons. The van der Waals surface area contributed by atoms with Crippen molar-refractivity contribution < 1.29 is 4.79 Å². The van der Waals surface area contributed by atoms with Crippen molar-refractivity contribution in [2.45, 2.75) is 104 Å². The van der Waals surface area contributed by atoms with Gasteiger partial charge in [-0.2, -0.15) is 0 Å². The predicted octanol–water partition coefficient (Wildman–Crippen LogP) is 6.28. The van der Waals surface area contributed by atoms with Crippen LogP contribution in [0, 0.1) is 20.8 Å². The van der Waals surface area contributed by atoms with Gasteiger partial charge in [-0.05, 0) is 134 Å². The maximum Gasteiger partial charge on any atom is 0.253 e. The first-order chi connectivity index (χ1) is 18.7. The van der Waals surface area contributed by atoms with E-state index in [1.807, 2.05) is 19.9 Å². The Hall–Kier alpha value is -2.86. The number of aryl methyl sites for hydroxylation is 2. The molecule has 0 aliphatic heterocycles. The molecule has 0 atom stereocenters. The lowest BCUT2D eigenvalue weighted by Crippen LogP contribution is -2.42. The third-order valence-corrected chi connectivity index (χ3v) is 8.94. The lowest BCUT2D eigenvalue weighted by molar-refractivity contribution is 0.0950. The summed E-state index contributed by atoms with van der Waals surface area (Å²) in [6.07, 6.45) is 13.0. The van der Waals surface area contributed by atoms with Crippen molar-refractivity contribution in [1.29, 1.82) is 0 Å². The number of hydrogen-bond acceptors (Lipinski definition) is 4. The Kier molecular flexibility index (Phi) is 9.71.